The number of nitro groups is 1. The van der Waals surface area contributed by atoms with E-state index >= 15 is 0 Å². The van der Waals surface area contributed by atoms with Crippen molar-refractivity contribution in [1.29, 1.82) is 0 Å². The Labute approximate surface area is 174 Å². The van der Waals surface area contributed by atoms with Crippen LogP contribution in [0.25, 0.3) is 5.69 Å². The van der Waals surface area contributed by atoms with Crippen molar-refractivity contribution in [2.45, 2.75) is 12.1 Å². The van der Waals surface area contributed by atoms with E-state index in [1.807, 2.05) is 19.1 Å². The van der Waals surface area contributed by atoms with E-state index in [2.05, 4.69) is 15.5 Å². The van der Waals surface area contributed by atoms with Gasteiger partial charge in [-0.15, -0.1) is 10.2 Å². The highest BCUT2D eigenvalue weighted by Crippen LogP contribution is 2.27. The lowest BCUT2D eigenvalue weighted by atomic mass is 10.2. The molecule has 1 aromatic heterocycles. The number of halogens is 2. The van der Waals surface area contributed by atoms with Crippen LogP contribution in [0.4, 0.5) is 11.4 Å². The molecule has 8 nitrogen and oxygen atoms in total. The number of carbonyl (C=O) groups is 1. The van der Waals surface area contributed by atoms with Crippen LogP contribution >= 0.6 is 35.0 Å². The highest BCUT2D eigenvalue weighted by molar-refractivity contribution is 7.99. The van der Waals surface area contributed by atoms with Crippen molar-refractivity contribution < 1.29 is 9.72 Å². The molecule has 0 aliphatic carbocycles. The molecule has 3 aromatic rings. The van der Waals surface area contributed by atoms with Gasteiger partial charge in [-0.2, -0.15) is 0 Å². The standard InChI is InChI=1S/C17H13Cl2N5O3S/c1-10-2-3-11(6-13(10)18)23-9-20-22-17(23)28-8-16(25)21-15-5-4-12(24(26)27)7-14(15)19/h2-7,9H,8H2,1H3,(H,21,25). The number of hydrogen-bond acceptors (Lipinski definition) is 6. The van der Waals surface area contributed by atoms with Crippen molar-refractivity contribution in [1.82, 2.24) is 14.8 Å². The summed E-state index contributed by atoms with van der Waals surface area (Å²) in [4.78, 5) is 22.4. The average molecular weight is 438 g/mol. The van der Waals surface area contributed by atoms with Crippen LogP contribution in [0.3, 0.4) is 0 Å². The first-order chi connectivity index (χ1) is 13.3. The van der Waals surface area contributed by atoms with Gasteiger partial charge in [0.15, 0.2) is 5.16 Å². The Kier molecular flexibility index (Phi) is 6.18. The van der Waals surface area contributed by atoms with Gasteiger partial charge in [0.25, 0.3) is 5.69 Å². The monoisotopic (exact) mass is 437 g/mol. The molecule has 144 valence electrons. The summed E-state index contributed by atoms with van der Waals surface area (Å²) < 4.78 is 1.72. The molecule has 28 heavy (non-hydrogen) atoms. The average Bonchev–Trinajstić information content (AvgIpc) is 3.12. The molecule has 0 fully saturated rings. The summed E-state index contributed by atoms with van der Waals surface area (Å²) >= 11 is 13.3. The zero-order chi connectivity index (χ0) is 20.3. The van der Waals surface area contributed by atoms with Gasteiger partial charge in [0, 0.05) is 17.2 Å². The predicted molar refractivity (Wildman–Crippen MR) is 109 cm³/mol. The number of aryl methyl sites for hydroxylation is 1. The normalized spacial score (nSPS) is 10.7. The molecule has 1 heterocycles. The second-order valence-corrected chi connectivity index (χ2v) is 7.43. The van der Waals surface area contributed by atoms with E-state index in [0.717, 1.165) is 11.3 Å². The minimum absolute atomic E-state index is 0.0472. The lowest BCUT2D eigenvalue weighted by Gasteiger charge is -2.09. The SMILES string of the molecule is Cc1ccc(-n2cnnc2SCC(=O)Nc2ccc([N+](=O)[O-])cc2Cl)cc1Cl. The van der Waals surface area contributed by atoms with Crippen molar-refractivity contribution in [3.8, 4) is 5.69 Å². The number of thioether (sulfide) groups is 1. The number of carbonyl (C=O) groups excluding carboxylic acids is 1. The maximum atomic E-state index is 12.2. The van der Waals surface area contributed by atoms with Crippen LogP contribution in [0.2, 0.25) is 10.0 Å². The molecule has 3 rings (SSSR count). The number of nitrogens with zero attached hydrogens (tertiary/aromatic N) is 4. The Morgan fingerprint density at radius 1 is 1.25 bits per heavy atom. The minimum atomic E-state index is -0.558. The van der Waals surface area contributed by atoms with Crippen LogP contribution in [0.5, 0.6) is 0 Å². The Balaban J connectivity index is 1.67. The number of hydrogen-bond donors (Lipinski definition) is 1. The van der Waals surface area contributed by atoms with Gasteiger partial charge >= 0.3 is 0 Å². The van der Waals surface area contributed by atoms with Gasteiger partial charge < -0.3 is 5.32 Å². The summed E-state index contributed by atoms with van der Waals surface area (Å²) in [7, 11) is 0. The highest BCUT2D eigenvalue weighted by atomic mass is 35.5. The summed E-state index contributed by atoms with van der Waals surface area (Å²) in [5, 5.41) is 22.5. The fourth-order valence-electron chi connectivity index (χ4n) is 2.27. The Hall–Kier alpha value is -2.62. The molecule has 1 N–H and O–H groups in total. The zero-order valence-corrected chi connectivity index (χ0v) is 16.8. The lowest BCUT2D eigenvalue weighted by Crippen LogP contribution is -2.15. The third kappa shape index (κ3) is 4.61. The van der Waals surface area contributed by atoms with Gasteiger partial charge in [0.05, 0.1) is 27.1 Å². The summed E-state index contributed by atoms with van der Waals surface area (Å²) in [6.45, 7) is 1.90. The van der Waals surface area contributed by atoms with Crippen LogP contribution in [-0.4, -0.2) is 31.3 Å². The number of non-ortho nitro benzene ring substituents is 1. The molecule has 2 aromatic carbocycles. The van der Waals surface area contributed by atoms with E-state index in [9.17, 15) is 14.9 Å². The van der Waals surface area contributed by atoms with Gasteiger partial charge in [0.1, 0.15) is 6.33 Å². The number of benzene rings is 2. The number of aromatic nitrogens is 3. The number of nitro benzene ring substituents is 1. The van der Waals surface area contributed by atoms with Crippen molar-refractivity contribution in [2.75, 3.05) is 11.1 Å². The van der Waals surface area contributed by atoms with E-state index in [0.29, 0.717) is 15.9 Å². The third-order valence-electron chi connectivity index (χ3n) is 3.72. The van der Waals surface area contributed by atoms with Crippen molar-refractivity contribution in [2.24, 2.45) is 0 Å². The molecule has 0 saturated carbocycles. The van der Waals surface area contributed by atoms with Crippen molar-refractivity contribution in [3.05, 3.63) is 68.4 Å². The number of rotatable bonds is 6. The predicted octanol–water partition coefficient (Wildman–Crippen LogP) is 4.52. The van der Waals surface area contributed by atoms with E-state index < -0.39 is 4.92 Å². The van der Waals surface area contributed by atoms with Gasteiger partial charge in [-0.05, 0) is 30.7 Å². The molecule has 0 saturated heterocycles. The molecule has 0 bridgehead atoms. The zero-order valence-electron chi connectivity index (χ0n) is 14.4. The molecule has 1 amide bonds. The molecule has 11 heteroatoms. The topological polar surface area (TPSA) is 103 Å². The van der Waals surface area contributed by atoms with E-state index in [1.54, 1.807) is 10.6 Å². The van der Waals surface area contributed by atoms with Crippen LogP contribution < -0.4 is 5.32 Å². The van der Waals surface area contributed by atoms with Crippen molar-refractivity contribution >= 4 is 52.2 Å². The quantitative estimate of drug-likeness (QED) is 0.345. The Bertz CT molecular complexity index is 1060. The van der Waals surface area contributed by atoms with E-state index in [-0.39, 0.29) is 22.4 Å². The smallest absolute Gasteiger partial charge is 0.271 e. The lowest BCUT2D eigenvalue weighted by molar-refractivity contribution is -0.384. The fourth-order valence-corrected chi connectivity index (χ4v) is 3.39. The Morgan fingerprint density at radius 2 is 2.04 bits per heavy atom. The van der Waals surface area contributed by atoms with E-state index in [4.69, 9.17) is 23.2 Å². The number of anilines is 1. The number of amides is 1. The van der Waals surface area contributed by atoms with Crippen LogP contribution in [0.1, 0.15) is 5.56 Å². The minimum Gasteiger partial charge on any atom is -0.324 e. The highest BCUT2D eigenvalue weighted by Gasteiger charge is 2.14. The first-order valence-electron chi connectivity index (χ1n) is 7.88. The molecular formula is C17H13Cl2N5O3S. The summed E-state index contributed by atoms with van der Waals surface area (Å²) in [5.74, 6) is -0.289. The van der Waals surface area contributed by atoms with Gasteiger partial charge in [-0.3, -0.25) is 19.5 Å². The first kappa shape index (κ1) is 20.1. The second kappa shape index (κ2) is 8.59. The largest absolute Gasteiger partial charge is 0.324 e. The van der Waals surface area contributed by atoms with Gasteiger partial charge in [-0.1, -0.05) is 41.0 Å². The molecule has 0 aliphatic rings. The molecule has 0 atom stereocenters. The maximum absolute atomic E-state index is 12.2. The number of nitrogens with one attached hydrogen (secondary N) is 1. The molecule has 0 unspecified atom stereocenters. The van der Waals surface area contributed by atoms with Crippen LogP contribution in [0.15, 0.2) is 47.9 Å². The van der Waals surface area contributed by atoms with Crippen molar-refractivity contribution in [3.63, 3.8) is 0 Å². The van der Waals surface area contributed by atoms with Crippen LogP contribution in [0, 0.1) is 17.0 Å². The van der Waals surface area contributed by atoms with E-state index in [1.165, 1.54) is 36.3 Å². The summed E-state index contributed by atoms with van der Waals surface area (Å²) in [5.41, 5.74) is 1.88. The molecule has 0 radical (unpaired) electrons. The molecular weight excluding hydrogens is 425 g/mol. The summed E-state index contributed by atoms with van der Waals surface area (Å²) in [6, 6.07) is 9.40. The van der Waals surface area contributed by atoms with Gasteiger partial charge in [0.2, 0.25) is 5.91 Å². The molecule has 0 aliphatic heterocycles. The Morgan fingerprint density at radius 3 is 2.71 bits per heavy atom. The van der Waals surface area contributed by atoms with Crippen LogP contribution in [-0.2, 0) is 4.79 Å². The second-order valence-electron chi connectivity index (χ2n) is 5.68. The maximum Gasteiger partial charge on any atom is 0.271 e. The van der Waals surface area contributed by atoms with Gasteiger partial charge in [-0.25, -0.2) is 0 Å². The molecule has 0 spiro atoms. The third-order valence-corrected chi connectivity index (χ3v) is 5.38. The first-order valence-corrected chi connectivity index (χ1v) is 9.62. The fraction of sp³-hybridized carbons (Fsp3) is 0.118. The summed E-state index contributed by atoms with van der Waals surface area (Å²) in [6.07, 6.45) is 1.54.